The molecule has 0 radical (unpaired) electrons. The summed E-state index contributed by atoms with van der Waals surface area (Å²) in [4.78, 5) is 24.6. The lowest BCUT2D eigenvalue weighted by molar-refractivity contribution is -0.344. The normalized spacial score (nSPS) is 16.6. The highest BCUT2D eigenvalue weighted by Crippen LogP contribution is 2.48. The number of ether oxygens (including phenoxy) is 1. The van der Waals surface area contributed by atoms with Crippen LogP contribution >= 0.6 is 0 Å². The molecular weight excluding hydrogens is 681 g/mol. The van der Waals surface area contributed by atoms with Gasteiger partial charge in [-0.25, -0.2) is 4.58 Å². The molecule has 4 aromatic rings. The van der Waals surface area contributed by atoms with Crippen LogP contribution in [0.15, 0.2) is 60.7 Å². The number of amides is 1. The Balaban J connectivity index is 0.000000523. The lowest BCUT2D eigenvalue weighted by Gasteiger charge is -2.39. The minimum Gasteiger partial charge on any atom is -0.542 e. The molecular formula is C42H41F3N4O4. The van der Waals surface area contributed by atoms with E-state index >= 15 is 0 Å². The number of alkyl halides is 3. The summed E-state index contributed by atoms with van der Waals surface area (Å²) < 4.78 is 41.3. The van der Waals surface area contributed by atoms with Gasteiger partial charge in [0.1, 0.15) is 30.6 Å². The molecule has 0 bridgehead atoms. The van der Waals surface area contributed by atoms with Crippen molar-refractivity contribution < 1.29 is 32.6 Å². The standard InChI is InChI=1S/C40H40N4O2.C2HF3O2/c41-23-25-9-11-26(12-10-25)24-42-40(45)28-15-13-27(14-16-28)35-33-21-29-5-1-17-43-19-3-7-31(36(29)43)38(33)46-39-32-8-4-20-44-18-2-6-30(37(32)44)22-34(35)39;3-2(4,5)1(6)7/h9-16,21-22H,1-8,17-20,23-24,41H2;(H,6,7). The number of carboxylic acid groups (broad SMARTS) is 1. The first kappa shape index (κ1) is 34.9. The molecule has 5 heterocycles. The average Bonchev–Trinajstić information content (AvgIpc) is 3.17. The molecule has 5 aliphatic rings. The van der Waals surface area contributed by atoms with Crippen molar-refractivity contribution in [1.29, 1.82) is 0 Å². The summed E-state index contributed by atoms with van der Waals surface area (Å²) in [6, 6.07) is 21.2. The molecule has 53 heavy (non-hydrogen) atoms. The fourth-order valence-corrected chi connectivity index (χ4v) is 8.69. The van der Waals surface area contributed by atoms with Gasteiger partial charge in [0, 0.05) is 77.8 Å². The molecule has 0 saturated heterocycles. The molecule has 274 valence electrons. The summed E-state index contributed by atoms with van der Waals surface area (Å²) in [6.45, 7) is 5.56. The highest BCUT2D eigenvalue weighted by atomic mass is 19.4. The zero-order chi connectivity index (χ0) is 36.9. The number of carbonyl (C=O) groups excluding carboxylic acids is 2. The summed E-state index contributed by atoms with van der Waals surface area (Å²) in [5.74, 6) is -0.934. The minimum atomic E-state index is -5.19. The number of carbonyl (C=O) groups is 2. The van der Waals surface area contributed by atoms with E-state index in [1.807, 2.05) is 36.4 Å². The molecule has 1 amide bonds. The maximum absolute atomic E-state index is 13.2. The van der Waals surface area contributed by atoms with Crippen molar-refractivity contribution >= 4 is 23.1 Å². The summed E-state index contributed by atoms with van der Waals surface area (Å²) in [5, 5.41) is 14.5. The Morgan fingerprint density at radius 1 is 0.830 bits per heavy atom. The fourth-order valence-electron chi connectivity index (χ4n) is 8.69. The summed E-state index contributed by atoms with van der Waals surface area (Å²) in [5.41, 5.74) is 19.3. The number of nitrogens with one attached hydrogen (secondary N) is 1. The van der Waals surface area contributed by atoms with Gasteiger partial charge in [-0.1, -0.05) is 36.4 Å². The number of rotatable bonds is 5. The van der Waals surface area contributed by atoms with E-state index in [-0.39, 0.29) is 5.91 Å². The molecule has 0 atom stereocenters. The fraction of sp³-hybridized carbons (Fsp3) is 0.357. The van der Waals surface area contributed by atoms with Crippen molar-refractivity contribution in [1.82, 2.24) is 9.89 Å². The minimum absolute atomic E-state index is 0.0654. The Labute approximate surface area is 305 Å². The lowest BCUT2D eigenvalue weighted by atomic mass is 9.82. The number of halogens is 3. The molecule has 5 aliphatic heterocycles. The highest BCUT2D eigenvalue weighted by molar-refractivity contribution is 5.95. The Bertz CT molecular complexity index is 2240. The van der Waals surface area contributed by atoms with Crippen molar-refractivity contribution in [3.05, 3.63) is 121 Å². The number of aryl methyl sites for hydroxylation is 2. The largest absolute Gasteiger partial charge is 0.542 e. The van der Waals surface area contributed by atoms with Crippen molar-refractivity contribution in [3.8, 4) is 11.5 Å². The van der Waals surface area contributed by atoms with E-state index in [1.54, 1.807) is 0 Å². The van der Waals surface area contributed by atoms with Gasteiger partial charge >= 0.3 is 6.18 Å². The predicted octanol–water partition coefficient (Wildman–Crippen LogP) is 3.81. The van der Waals surface area contributed by atoms with Crippen LogP contribution in [-0.4, -0.2) is 44.2 Å². The Hall–Kier alpha value is -5.16. The number of aliphatic carboxylic acids is 1. The van der Waals surface area contributed by atoms with Gasteiger partial charge in [0.05, 0.1) is 5.56 Å². The number of hydrogen-bond acceptors (Lipinski definition) is 6. The van der Waals surface area contributed by atoms with E-state index in [4.69, 9.17) is 20.4 Å². The number of fused-ring (bicyclic) bond motifs is 4. The number of anilines is 1. The van der Waals surface area contributed by atoms with Crippen LogP contribution in [0.2, 0.25) is 0 Å². The maximum Gasteiger partial charge on any atom is 0.430 e. The third-order valence-electron chi connectivity index (χ3n) is 11.1. The summed E-state index contributed by atoms with van der Waals surface area (Å²) >= 11 is 0. The van der Waals surface area contributed by atoms with Crippen molar-refractivity contribution in [2.24, 2.45) is 5.73 Å². The third-order valence-corrected chi connectivity index (χ3v) is 11.1. The zero-order valence-corrected chi connectivity index (χ0v) is 29.4. The Kier molecular flexibility index (Phi) is 9.22. The SMILES string of the molecule is NCc1ccc(CNC(=O)c2ccc(C3=c4cc5c6c(c4Oc4c3cc3c7c4CCCN7CCC3)CCC[N+]=6CCC5)cc2)cc1.O=C([O-])C(F)(F)F. The second-order valence-electron chi connectivity index (χ2n) is 14.4. The van der Waals surface area contributed by atoms with Crippen LogP contribution < -0.4 is 40.9 Å². The number of nitrogens with zero attached hydrogens (tertiary/aromatic N) is 2. The van der Waals surface area contributed by atoms with Crippen LogP contribution in [0.25, 0.3) is 5.57 Å². The maximum atomic E-state index is 13.2. The zero-order valence-electron chi connectivity index (χ0n) is 29.4. The molecule has 8 nitrogen and oxygen atoms in total. The number of hydrogen-bond donors (Lipinski definition) is 2. The predicted molar refractivity (Wildman–Crippen MR) is 193 cm³/mol. The Morgan fingerprint density at radius 3 is 2.17 bits per heavy atom. The first-order valence-corrected chi connectivity index (χ1v) is 18.5. The van der Waals surface area contributed by atoms with Crippen molar-refractivity contribution in [2.45, 2.75) is 70.6 Å². The molecule has 0 saturated carbocycles. The van der Waals surface area contributed by atoms with Crippen molar-refractivity contribution in [2.75, 3.05) is 31.1 Å². The molecule has 0 fully saturated rings. The lowest BCUT2D eigenvalue weighted by Crippen LogP contribution is -2.45. The smallest absolute Gasteiger partial charge is 0.430 e. The first-order chi connectivity index (χ1) is 25.6. The van der Waals surface area contributed by atoms with E-state index in [2.05, 4.69) is 39.1 Å². The molecule has 0 aromatic heterocycles. The van der Waals surface area contributed by atoms with E-state index in [1.165, 1.54) is 75.3 Å². The second-order valence-corrected chi connectivity index (χ2v) is 14.4. The van der Waals surface area contributed by atoms with Crippen molar-refractivity contribution in [3.63, 3.8) is 0 Å². The van der Waals surface area contributed by atoms with Crippen LogP contribution in [0, 0.1) is 0 Å². The van der Waals surface area contributed by atoms with E-state index in [0.717, 1.165) is 80.1 Å². The van der Waals surface area contributed by atoms with E-state index < -0.39 is 12.1 Å². The molecule has 3 N–H and O–H groups in total. The van der Waals surface area contributed by atoms with Gasteiger partial charge in [-0.2, -0.15) is 13.2 Å². The summed E-state index contributed by atoms with van der Waals surface area (Å²) in [7, 11) is 0. The van der Waals surface area contributed by atoms with Gasteiger partial charge in [-0.15, -0.1) is 0 Å². The number of nitrogens with two attached hydrogens (primary N) is 1. The van der Waals surface area contributed by atoms with Gasteiger partial charge in [-0.3, -0.25) is 4.79 Å². The number of carboxylic acids is 1. The number of benzene rings is 4. The quantitative estimate of drug-likeness (QED) is 0.267. The van der Waals surface area contributed by atoms with E-state index in [0.29, 0.717) is 18.7 Å². The van der Waals surface area contributed by atoms with Gasteiger partial charge in [0.25, 0.3) is 5.91 Å². The Morgan fingerprint density at radius 2 is 1.47 bits per heavy atom. The van der Waals surface area contributed by atoms with Crippen LogP contribution in [0.4, 0.5) is 18.9 Å². The molecule has 9 rings (SSSR count). The topological polar surface area (TPSA) is 111 Å². The van der Waals surface area contributed by atoms with Gasteiger partial charge in [0.2, 0.25) is 5.36 Å². The summed E-state index contributed by atoms with van der Waals surface area (Å²) in [6.07, 6.45) is 3.89. The second kappa shape index (κ2) is 14.0. The van der Waals surface area contributed by atoms with Crippen LogP contribution in [0.3, 0.4) is 0 Å². The van der Waals surface area contributed by atoms with Crippen LogP contribution in [-0.2, 0) is 43.6 Å². The van der Waals surface area contributed by atoms with Gasteiger partial charge in [0.15, 0.2) is 0 Å². The molecule has 0 aliphatic carbocycles. The average molecular weight is 723 g/mol. The third kappa shape index (κ3) is 6.56. The van der Waals surface area contributed by atoms with E-state index in [9.17, 15) is 18.0 Å². The molecule has 4 aromatic carbocycles. The first-order valence-electron chi connectivity index (χ1n) is 18.5. The molecule has 11 heteroatoms. The van der Waals surface area contributed by atoms with Crippen LogP contribution in [0.5, 0.6) is 11.5 Å². The molecule has 0 spiro atoms. The monoisotopic (exact) mass is 722 g/mol. The van der Waals surface area contributed by atoms with Crippen LogP contribution in [0.1, 0.15) is 80.5 Å². The van der Waals surface area contributed by atoms with Gasteiger partial charge in [-0.05, 0) is 85.0 Å². The van der Waals surface area contributed by atoms with Gasteiger partial charge < -0.3 is 30.6 Å². The molecule has 0 unspecified atom stereocenters. The highest BCUT2D eigenvalue weighted by Gasteiger charge is 2.35.